The van der Waals surface area contributed by atoms with Gasteiger partial charge >= 0.3 is 0 Å². The molecule has 1 N–H and O–H groups in total. The predicted octanol–water partition coefficient (Wildman–Crippen LogP) is 2.00. The molecule has 6 heteroatoms. The van der Waals surface area contributed by atoms with Gasteiger partial charge < -0.3 is 19.5 Å². The van der Waals surface area contributed by atoms with Gasteiger partial charge in [-0.3, -0.25) is 9.69 Å². The molecule has 1 aromatic rings. The quantitative estimate of drug-likeness (QED) is 0.772. The number of carbonyl (C=O) groups is 1. The summed E-state index contributed by atoms with van der Waals surface area (Å²) in [6, 6.07) is 6.40. The van der Waals surface area contributed by atoms with E-state index in [9.17, 15) is 9.90 Å². The molecule has 2 fully saturated rings. The highest BCUT2D eigenvalue weighted by molar-refractivity contribution is 5.78. The first-order chi connectivity index (χ1) is 13.6. The van der Waals surface area contributed by atoms with Crippen molar-refractivity contribution < 1.29 is 19.4 Å². The topological polar surface area (TPSA) is 62.2 Å². The van der Waals surface area contributed by atoms with Gasteiger partial charge in [0, 0.05) is 38.8 Å². The van der Waals surface area contributed by atoms with E-state index in [4.69, 9.17) is 9.47 Å². The van der Waals surface area contributed by atoms with Crippen LogP contribution in [-0.4, -0.2) is 79.5 Å². The van der Waals surface area contributed by atoms with Gasteiger partial charge in [0.05, 0.1) is 13.2 Å². The summed E-state index contributed by atoms with van der Waals surface area (Å²) in [4.78, 5) is 17.3. The number of amides is 1. The Morgan fingerprint density at radius 3 is 2.79 bits per heavy atom. The summed E-state index contributed by atoms with van der Waals surface area (Å²) in [7, 11) is 0. The monoisotopic (exact) mass is 390 g/mol. The third-order valence-electron chi connectivity index (χ3n) is 6.20. The van der Waals surface area contributed by atoms with Crippen molar-refractivity contribution in [2.75, 3.05) is 52.6 Å². The van der Waals surface area contributed by atoms with Crippen LogP contribution in [0.1, 0.15) is 30.4 Å². The largest absolute Gasteiger partial charge is 0.483 e. The average Bonchev–Trinajstić information content (AvgIpc) is 2.73. The Kier molecular flexibility index (Phi) is 7.71. The molecular formula is C22H34N2O4. The lowest BCUT2D eigenvalue weighted by molar-refractivity contribution is -0.137. The van der Waals surface area contributed by atoms with Crippen molar-refractivity contribution in [3.8, 4) is 5.75 Å². The third-order valence-corrected chi connectivity index (χ3v) is 6.20. The van der Waals surface area contributed by atoms with E-state index < -0.39 is 0 Å². The van der Waals surface area contributed by atoms with E-state index in [0.29, 0.717) is 12.0 Å². The zero-order valence-corrected chi connectivity index (χ0v) is 17.2. The van der Waals surface area contributed by atoms with E-state index in [1.54, 1.807) is 0 Å². The molecule has 0 bridgehead atoms. The van der Waals surface area contributed by atoms with E-state index in [1.165, 1.54) is 5.56 Å². The van der Waals surface area contributed by atoms with E-state index in [-0.39, 0.29) is 19.1 Å². The van der Waals surface area contributed by atoms with Crippen LogP contribution in [0.5, 0.6) is 5.75 Å². The molecule has 0 aromatic heterocycles. The second-order valence-corrected chi connectivity index (χ2v) is 7.96. The number of carbonyl (C=O) groups excluding carboxylic acids is 1. The highest BCUT2D eigenvalue weighted by Gasteiger charge is 2.35. The predicted molar refractivity (Wildman–Crippen MR) is 109 cm³/mol. The number of benzene rings is 1. The summed E-state index contributed by atoms with van der Waals surface area (Å²) in [6.07, 6.45) is 2.71. The first-order valence-electron chi connectivity index (χ1n) is 10.5. The third kappa shape index (κ3) is 5.25. The second-order valence-electron chi connectivity index (χ2n) is 7.96. The maximum Gasteiger partial charge on any atom is 0.260 e. The molecule has 0 saturated carbocycles. The second kappa shape index (κ2) is 10.2. The molecule has 0 radical (unpaired) electrons. The van der Waals surface area contributed by atoms with Crippen molar-refractivity contribution in [3.63, 3.8) is 0 Å². The van der Waals surface area contributed by atoms with Gasteiger partial charge in [-0.05, 0) is 56.2 Å². The summed E-state index contributed by atoms with van der Waals surface area (Å²) in [5.41, 5.74) is 2.25. The minimum Gasteiger partial charge on any atom is -0.483 e. The lowest BCUT2D eigenvalue weighted by Gasteiger charge is -2.45. The van der Waals surface area contributed by atoms with E-state index in [1.807, 2.05) is 36.9 Å². The fraction of sp³-hybridized carbons (Fsp3) is 0.682. The molecule has 2 aliphatic rings. The van der Waals surface area contributed by atoms with Crippen LogP contribution in [0.4, 0.5) is 0 Å². The Bertz CT molecular complexity index is 645. The minimum absolute atomic E-state index is 0.0512. The molecule has 0 unspecified atom stereocenters. The first-order valence-corrected chi connectivity index (χ1v) is 10.5. The number of aryl methyl sites for hydroxylation is 1. The van der Waals surface area contributed by atoms with Gasteiger partial charge in [-0.1, -0.05) is 12.1 Å². The van der Waals surface area contributed by atoms with Crippen LogP contribution in [0.25, 0.3) is 0 Å². The lowest BCUT2D eigenvalue weighted by Crippen LogP contribution is -2.55. The van der Waals surface area contributed by atoms with Gasteiger partial charge in [0.25, 0.3) is 5.91 Å². The highest BCUT2D eigenvalue weighted by Crippen LogP contribution is 2.27. The van der Waals surface area contributed by atoms with Crippen molar-refractivity contribution >= 4 is 5.91 Å². The lowest BCUT2D eigenvalue weighted by atomic mass is 9.86. The van der Waals surface area contributed by atoms with E-state index >= 15 is 0 Å². The molecule has 2 aliphatic heterocycles. The molecule has 156 valence electrons. The Morgan fingerprint density at radius 2 is 2.04 bits per heavy atom. The van der Waals surface area contributed by atoms with Crippen LogP contribution in [0.2, 0.25) is 0 Å². The number of nitrogens with zero attached hydrogens (tertiary/aromatic N) is 2. The summed E-state index contributed by atoms with van der Waals surface area (Å²) in [5, 5.41) is 9.29. The van der Waals surface area contributed by atoms with Crippen LogP contribution < -0.4 is 4.74 Å². The molecule has 1 amide bonds. The van der Waals surface area contributed by atoms with Crippen molar-refractivity contribution in [3.05, 3.63) is 29.3 Å². The maximum atomic E-state index is 12.8. The van der Waals surface area contributed by atoms with Crippen LogP contribution in [0.3, 0.4) is 0 Å². The Balaban J connectivity index is 1.58. The number of likely N-dealkylation sites (tertiary alicyclic amines) is 1. The van der Waals surface area contributed by atoms with Gasteiger partial charge in [-0.15, -0.1) is 0 Å². The van der Waals surface area contributed by atoms with Crippen molar-refractivity contribution in [2.45, 2.75) is 39.2 Å². The molecule has 28 heavy (non-hydrogen) atoms. The number of ether oxygens (including phenoxy) is 2. The molecular weight excluding hydrogens is 356 g/mol. The molecule has 0 aliphatic carbocycles. The Morgan fingerprint density at radius 1 is 1.25 bits per heavy atom. The Labute approximate surface area is 168 Å². The minimum atomic E-state index is 0.0512. The zero-order chi connectivity index (χ0) is 19.9. The van der Waals surface area contributed by atoms with Crippen molar-refractivity contribution in [1.82, 2.24) is 9.80 Å². The molecule has 1 aromatic carbocycles. The van der Waals surface area contributed by atoms with Gasteiger partial charge in [0.1, 0.15) is 5.75 Å². The normalized spacial score (nSPS) is 23.6. The van der Waals surface area contributed by atoms with Gasteiger partial charge in [-0.2, -0.15) is 0 Å². The highest BCUT2D eigenvalue weighted by atomic mass is 16.5. The summed E-state index contributed by atoms with van der Waals surface area (Å²) >= 11 is 0. The van der Waals surface area contributed by atoms with Crippen LogP contribution in [0, 0.1) is 19.8 Å². The standard InChI is InChI=1S/C22H34N2O4/c1-17-5-3-7-21(18(17)2)28-16-22(26)24-9-8-20(19(15-24)6-4-12-25)23-10-13-27-14-11-23/h3,5,7,19-20,25H,4,6,8-16H2,1-2H3/t19-,20+/m1/s1. The number of morpholine rings is 1. The zero-order valence-electron chi connectivity index (χ0n) is 17.2. The molecule has 3 rings (SSSR count). The number of aliphatic hydroxyl groups is 1. The number of aliphatic hydroxyl groups excluding tert-OH is 1. The van der Waals surface area contributed by atoms with Crippen LogP contribution in [0.15, 0.2) is 18.2 Å². The van der Waals surface area contributed by atoms with Crippen molar-refractivity contribution in [2.24, 2.45) is 5.92 Å². The SMILES string of the molecule is Cc1cccc(OCC(=O)N2CC[C@H](N3CCOCC3)[C@H](CCCO)C2)c1C. The molecule has 0 spiro atoms. The summed E-state index contributed by atoms with van der Waals surface area (Å²) in [5.74, 6) is 1.23. The van der Waals surface area contributed by atoms with Gasteiger partial charge in [0.2, 0.25) is 0 Å². The fourth-order valence-corrected chi connectivity index (χ4v) is 4.38. The van der Waals surface area contributed by atoms with Crippen molar-refractivity contribution in [1.29, 1.82) is 0 Å². The molecule has 6 nitrogen and oxygen atoms in total. The number of rotatable bonds is 7. The molecule has 2 atom stereocenters. The van der Waals surface area contributed by atoms with Gasteiger partial charge in [0.15, 0.2) is 6.61 Å². The van der Waals surface area contributed by atoms with E-state index in [2.05, 4.69) is 4.90 Å². The fourth-order valence-electron chi connectivity index (χ4n) is 4.38. The van der Waals surface area contributed by atoms with Crippen LogP contribution >= 0.6 is 0 Å². The smallest absolute Gasteiger partial charge is 0.260 e. The summed E-state index contributed by atoms with van der Waals surface area (Å²) in [6.45, 7) is 9.37. The number of hydrogen-bond donors (Lipinski definition) is 1. The summed E-state index contributed by atoms with van der Waals surface area (Å²) < 4.78 is 11.3. The first kappa shape index (κ1) is 21.1. The van der Waals surface area contributed by atoms with Gasteiger partial charge in [-0.25, -0.2) is 0 Å². The Hall–Kier alpha value is -1.63. The average molecular weight is 391 g/mol. The maximum absolute atomic E-state index is 12.8. The number of piperidine rings is 1. The number of hydrogen-bond acceptors (Lipinski definition) is 5. The molecule has 2 heterocycles. The molecule has 2 saturated heterocycles. The van der Waals surface area contributed by atoms with E-state index in [0.717, 1.165) is 70.0 Å². The van der Waals surface area contributed by atoms with Crippen LogP contribution in [-0.2, 0) is 9.53 Å².